The molecule has 8 heteroatoms. The number of ether oxygens (including phenoxy) is 1. The average Bonchev–Trinajstić information content (AvgIpc) is 3.36. The zero-order valence-electron chi connectivity index (χ0n) is 23.4. The van der Waals surface area contributed by atoms with Crippen molar-refractivity contribution in [2.45, 2.75) is 33.2 Å². The Kier molecular flexibility index (Phi) is 9.91. The number of aromatic amines is 1. The summed E-state index contributed by atoms with van der Waals surface area (Å²) in [5.74, 6) is -0.510. The van der Waals surface area contributed by atoms with Crippen molar-refractivity contribution in [2.75, 3.05) is 38.7 Å². The molecule has 0 saturated carbocycles. The van der Waals surface area contributed by atoms with Crippen LogP contribution in [0.2, 0.25) is 0 Å². The van der Waals surface area contributed by atoms with Crippen LogP contribution in [-0.2, 0) is 22.5 Å². The average molecular weight is 545 g/mol. The van der Waals surface area contributed by atoms with Crippen LogP contribution >= 0.6 is 0 Å². The molecule has 2 N–H and O–H groups in total. The van der Waals surface area contributed by atoms with E-state index >= 15 is 0 Å². The number of carbonyl (C=O) groups excluding carboxylic acids is 2. The molecule has 0 atom stereocenters. The summed E-state index contributed by atoms with van der Waals surface area (Å²) in [5.41, 5.74) is 5.86. The molecule has 3 amide bonds. The maximum absolute atomic E-state index is 13.7. The van der Waals surface area contributed by atoms with E-state index in [2.05, 4.69) is 16.4 Å². The van der Waals surface area contributed by atoms with Crippen molar-refractivity contribution < 1.29 is 18.7 Å². The highest BCUT2D eigenvalue weighted by Gasteiger charge is 2.22. The van der Waals surface area contributed by atoms with Crippen molar-refractivity contribution in [3.05, 3.63) is 101 Å². The number of anilines is 1. The normalized spacial score (nSPS) is 11.0. The highest BCUT2D eigenvalue weighted by Crippen LogP contribution is 2.19. The fraction of sp³-hybridized carbons (Fsp3) is 0.312. The topological polar surface area (TPSA) is 77.7 Å². The van der Waals surface area contributed by atoms with Gasteiger partial charge in [0, 0.05) is 56.1 Å². The van der Waals surface area contributed by atoms with Gasteiger partial charge < -0.3 is 24.8 Å². The Morgan fingerprint density at radius 1 is 0.950 bits per heavy atom. The van der Waals surface area contributed by atoms with Gasteiger partial charge in [-0.25, -0.2) is 9.18 Å². The number of para-hydroxylation sites is 1. The molecule has 0 aliphatic heterocycles. The Balaban J connectivity index is 1.51. The minimum atomic E-state index is -0.342. The fourth-order valence-electron chi connectivity index (χ4n) is 4.63. The Morgan fingerprint density at radius 2 is 1.73 bits per heavy atom. The van der Waals surface area contributed by atoms with E-state index in [1.807, 2.05) is 56.4 Å². The number of nitrogens with zero attached hydrogens (tertiary/aromatic N) is 2. The van der Waals surface area contributed by atoms with Gasteiger partial charge in [-0.3, -0.25) is 4.79 Å². The lowest BCUT2D eigenvalue weighted by Gasteiger charge is -2.28. The zero-order valence-corrected chi connectivity index (χ0v) is 23.4. The molecule has 0 saturated heterocycles. The highest BCUT2D eigenvalue weighted by atomic mass is 19.1. The van der Waals surface area contributed by atoms with E-state index < -0.39 is 0 Å². The van der Waals surface area contributed by atoms with E-state index in [0.717, 1.165) is 33.2 Å². The summed E-state index contributed by atoms with van der Waals surface area (Å²) in [7, 11) is 1.61. The van der Waals surface area contributed by atoms with Crippen molar-refractivity contribution in [1.29, 1.82) is 0 Å². The van der Waals surface area contributed by atoms with Crippen molar-refractivity contribution >= 4 is 28.5 Å². The Bertz CT molecular complexity index is 1430. The second-order valence-electron chi connectivity index (χ2n) is 10.0. The molecule has 0 unspecified atom stereocenters. The van der Waals surface area contributed by atoms with Gasteiger partial charge in [-0.1, -0.05) is 36.4 Å². The summed E-state index contributed by atoms with van der Waals surface area (Å²) in [5, 5.41) is 4.06. The molecule has 1 heterocycles. The molecular weight excluding hydrogens is 507 g/mol. The molecule has 0 bridgehead atoms. The van der Waals surface area contributed by atoms with E-state index in [4.69, 9.17) is 4.74 Å². The van der Waals surface area contributed by atoms with Crippen LogP contribution in [0.4, 0.5) is 14.9 Å². The van der Waals surface area contributed by atoms with Gasteiger partial charge in [0.2, 0.25) is 5.91 Å². The quantitative estimate of drug-likeness (QED) is 0.213. The molecule has 3 aromatic carbocycles. The molecule has 0 aliphatic carbocycles. The number of fused-ring (bicyclic) bond motifs is 1. The molecule has 4 rings (SSSR count). The van der Waals surface area contributed by atoms with Gasteiger partial charge in [-0.2, -0.15) is 0 Å². The van der Waals surface area contributed by atoms with Gasteiger partial charge in [-0.05, 0) is 79.3 Å². The Morgan fingerprint density at radius 3 is 2.48 bits per heavy atom. The summed E-state index contributed by atoms with van der Waals surface area (Å²) >= 11 is 0. The number of hydrogen-bond acceptors (Lipinski definition) is 3. The molecule has 1 aromatic heterocycles. The molecule has 0 fully saturated rings. The first-order valence-corrected chi connectivity index (χ1v) is 13.5. The lowest BCUT2D eigenvalue weighted by Crippen LogP contribution is -2.45. The maximum atomic E-state index is 13.7. The van der Waals surface area contributed by atoms with Crippen LogP contribution in [0, 0.1) is 19.7 Å². The summed E-state index contributed by atoms with van der Waals surface area (Å²) in [6.45, 7) is 5.52. The first kappa shape index (κ1) is 28.8. The number of aromatic nitrogens is 1. The lowest BCUT2D eigenvalue weighted by atomic mass is 10.1. The highest BCUT2D eigenvalue weighted by molar-refractivity contribution is 5.92. The van der Waals surface area contributed by atoms with E-state index in [9.17, 15) is 14.0 Å². The number of hydrogen-bond donors (Lipinski definition) is 2. The number of amides is 3. The summed E-state index contributed by atoms with van der Waals surface area (Å²) in [4.78, 5) is 33.6. The summed E-state index contributed by atoms with van der Waals surface area (Å²) < 4.78 is 18.7. The maximum Gasteiger partial charge on any atom is 0.322 e. The van der Waals surface area contributed by atoms with Crippen molar-refractivity contribution in [2.24, 2.45) is 0 Å². The Labute approximate surface area is 234 Å². The van der Waals surface area contributed by atoms with Gasteiger partial charge >= 0.3 is 6.03 Å². The van der Waals surface area contributed by atoms with Crippen LogP contribution in [0.25, 0.3) is 10.9 Å². The zero-order chi connectivity index (χ0) is 28.5. The minimum Gasteiger partial charge on any atom is -0.385 e. The molecule has 4 aromatic rings. The molecule has 40 heavy (non-hydrogen) atoms. The first-order chi connectivity index (χ1) is 19.3. The van der Waals surface area contributed by atoms with Crippen LogP contribution in [0.15, 0.2) is 72.9 Å². The third-order valence-corrected chi connectivity index (χ3v) is 7.11. The number of nitrogens with one attached hydrogen (secondary N) is 2. The smallest absolute Gasteiger partial charge is 0.322 e. The van der Waals surface area contributed by atoms with E-state index in [0.29, 0.717) is 44.8 Å². The number of aryl methyl sites for hydroxylation is 2. The number of rotatable bonds is 12. The standard InChI is InChI=1S/C32H37FN4O3/c1-23-9-14-28(19-24(23)2)35-32(39)37(16-6-18-40-3)22-31(38)36(21-25-10-12-27(33)13-11-25)17-15-26-20-34-30-8-5-4-7-29(26)30/h4-5,7-14,19-20,34H,6,15-18,21-22H2,1-3H3,(H,35,39). The minimum absolute atomic E-state index is 0.0878. The largest absolute Gasteiger partial charge is 0.385 e. The third kappa shape index (κ3) is 7.70. The van der Waals surface area contributed by atoms with Crippen LogP contribution in [0.5, 0.6) is 0 Å². The van der Waals surface area contributed by atoms with Crippen LogP contribution in [-0.4, -0.2) is 60.1 Å². The SMILES string of the molecule is COCCCN(CC(=O)N(CCc1c[nH]c2ccccc12)Cc1ccc(F)cc1)C(=O)Nc1ccc(C)c(C)c1. The summed E-state index contributed by atoms with van der Waals surface area (Å²) in [6, 6.07) is 19.6. The number of benzene rings is 3. The van der Waals surface area contributed by atoms with Crippen LogP contribution in [0.1, 0.15) is 28.7 Å². The lowest BCUT2D eigenvalue weighted by molar-refractivity contribution is -0.132. The number of carbonyl (C=O) groups is 2. The first-order valence-electron chi connectivity index (χ1n) is 13.5. The van der Waals surface area contributed by atoms with Crippen LogP contribution < -0.4 is 5.32 Å². The van der Waals surface area contributed by atoms with Gasteiger partial charge in [0.15, 0.2) is 0 Å². The van der Waals surface area contributed by atoms with Crippen molar-refractivity contribution in [3.63, 3.8) is 0 Å². The predicted octanol–water partition coefficient (Wildman–Crippen LogP) is 6.07. The van der Waals surface area contributed by atoms with Crippen molar-refractivity contribution in [3.8, 4) is 0 Å². The molecular formula is C32H37FN4O3. The molecule has 210 valence electrons. The molecule has 0 aliphatic rings. The molecule has 7 nitrogen and oxygen atoms in total. The van der Waals surface area contributed by atoms with Gasteiger partial charge in [0.25, 0.3) is 0 Å². The van der Waals surface area contributed by atoms with E-state index in [-0.39, 0.29) is 24.3 Å². The van der Waals surface area contributed by atoms with Gasteiger partial charge in [0.05, 0.1) is 0 Å². The van der Waals surface area contributed by atoms with Gasteiger partial charge in [0.1, 0.15) is 12.4 Å². The number of urea groups is 1. The second-order valence-corrected chi connectivity index (χ2v) is 10.0. The van der Waals surface area contributed by atoms with Crippen LogP contribution in [0.3, 0.4) is 0 Å². The predicted molar refractivity (Wildman–Crippen MR) is 157 cm³/mol. The molecule has 0 spiro atoms. The van der Waals surface area contributed by atoms with E-state index in [1.165, 1.54) is 17.0 Å². The number of H-pyrrole nitrogens is 1. The summed E-state index contributed by atoms with van der Waals surface area (Å²) in [6.07, 6.45) is 3.20. The molecule has 0 radical (unpaired) electrons. The fourth-order valence-corrected chi connectivity index (χ4v) is 4.63. The van der Waals surface area contributed by atoms with Gasteiger partial charge in [-0.15, -0.1) is 0 Å². The second kappa shape index (κ2) is 13.8. The third-order valence-electron chi connectivity index (χ3n) is 7.11. The number of halogens is 1. The Hall–Kier alpha value is -4.17. The van der Waals surface area contributed by atoms with E-state index in [1.54, 1.807) is 24.1 Å². The number of methoxy groups -OCH3 is 1. The monoisotopic (exact) mass is 544 g/mol. The van der Waals surface area contributed by atoms with Crippen molar-refractivity contribution in [1.82, 2.24) is 14.8 Å².